The molecule has 0 saturated heterocycles. The minimum atomic E-state index is -0.515. The Morgan fingerprint density at radius 2 is 1.95 bits per heavy atom. The van der Waals surface area contributed by atoms with E-state index in [1.165, 1.54) is 0 Å². The lowest BCUT2D eigenvalue weighted by atomic mass is 9.83. The van der Waals surface area contributed by atoms with Crippen LogP contribution in [-0.2, 0) is 0 Å². The van der Waals surface area contributed by atoms with Crippen LogP contribution in [0.1, 0.15) is 58.0 Å². The molecule has 2 nitrogen and oxygen atoms in total. The smallest absolute Gasteiger partial charge is 0.137 e. The van der Waals surface area contributed by atoms with Crippen molar-refractivity contribution in [3.63, 3.8) is 0 Å². The largest absolute Gasteiger partial charge is 0.458 e. The van der Waals surface area contributed by atoms with E-state index >= 15 is 0 Å². The summed E-state index contributed by atoms with van der Waals surface area (Å²) in [6.07, 6.45) is 1.33. The molecule has 1 aromatic carbocycles. The Hall–Kier alpha value is -1.28. The van der Waals surface area contributed by atoms with E-state index in [1.54, 1.807) is 0 Å². The molecule has 110 valence electrons. The standard InChI is InChI=1S/C18H26O2/c1-12(11-18(3,4)5)9-15(19)16-10-14-8-6-7-13(2)17(14)20-16/h6-8,10,12,15,19H,9,11H2,1-5H3. The molecule has 1 N–H and O–H groups in total. The van der Waals surface area contributed by atoms with Crippen molar-refractivity contribution in [3.05, 3.63) is 35.6 Å². The summed E-state index contributed by atoms with van der Waals surface area (Å²) in [5.41, 5.74) is 2.30. The molecule has 1 heterocycles. The van der Waals surface area contributed by atoms with Crippen LogP contribution in [0, 0.1) is 18.3 Å². The Balaban J connectivity index is 2.11. The first kappa shape index (κ1) is 15.1. The minimum absolute atomic E-state index is 0.295. The fourth-order valence-corrected chi connectivity index (χ4v) is 3.02. The van der Waals surface area contributed by atoms with Crippen LogP contribution in [-0.4, -0.2) is 5.11 Å². The average molecular weight is 274 g/mol. The first-order valence-corrected chi connectivity index (χ1v) is 7.43. The van der Waals surface area contributed by atoms with Gasteiger partial charge in [0.2, 0.25) is 0 Å². The Morgan fingerprint density at radius 3 is 2.55 bits per heavy atom. The van der Waals surface area contributed by atoms with Gasteiger partial charge in [0.15, 0.2) is 0 Å². The van der Waals surface area contributed by atoms with Crippen LogP contribution in [0.3, 0.4) is 0 Å². The van der Waals surface area contributed by atoms with Crippen LogP contribution in [0.25, 0.3) is 11.0 Å². The van der Waals surface area contributed by atoms with Crippen molar-refractivity contribution in [1.29, 1.82) is 0 Å². The average Bonchev–Trinajstić information content (AvgIpc) is 2.71. The van der Waals surface area contributed by atoms with Crippen LogP contribution < -0.4 is 0 Å². The molecule has 0 aliphatic heterocycles. The van der Waals surface area contributed by atoms with E-state index < -0.39 is 6.10 Å². The normalized spacial score (nSPS) is 15.5. The van der Waals surface area contributed by atoms with Crippen LogP contribution in [0.15, 0.2) is 28.7 Å². The third-order valence-electron chi connectivity index (χ3n) is 3.67. The van der Waals surface area contributed by atoms with Crippen molar-refractivity contribution in [2.24, 2.45) is 11.3 Å². The molecule has 0 radical (unpaired) electrons. The van der Waals surface area contributed by atoms with Gasteiger partial charge in [0.1, 0.15) is 17.4 Å². The van der Waals surface area contributed by atoms with E-state index in [-0.39, 0.29) is 0 Å². The van der Waals surface area contributed by atoms with Crippen molar-refractivity contribution >= 4 is 11.0 Å². The van der Waals surface area contributed by atoms with E-state index in [9.17, 15) is 5.11 Å². The number of aliphatic hydroxyl groups excluding tert-OH is 1. The Labute approximate surface area is 121 Å². The zero-order valence-corrected chi connectivity index (χ0v) is 13.2. The van der Waals surface area contributed by atoms with Gasteiger partial charge in [-0.05, 0) is 42.7 Å². The first-order valence-electron chi connectivity index (χ1n) is 7.43. The summed E-state index contributed by atoms with van der Waals surface area (Å²) in [5, 5.41) is 11.5. The summed E-state index contributed by atoms with van der Waals surface area (Å²) in [6, 6.07) is 8.05. The maximum atomic E-state index is 10.4. The SMILES string of the molecule is Cc1cccc2cc(C(O)CC(C)CC(C)(C)C)oc12. The molecule has 2 unspecified atom stereocenters. The lowest BCUT2D eigenvalue weighted by Gasteiger charge is -2.24. The monoisotopic (exact) mass is 274 g/mol. The molecule has 2 atom stereocenters. The molecular formula is C18H26O2. The van der Waals surface area contributed by atoms with Gasteiger partial charge in [-0.15, -0.1) is 0 Å². The van der Waals surface area contributed by atoms with Gasteiger partial charge in [0.25, 0.3) is 0 Å². The number of benzene rings is 1. The highest BCUT2D eigenvalue weighted by Gasteiger charge is 2.21. The summed E-state index contributed by atoms with van der Waals surface area (Å²) >= 11 is 0. The number of hydrogen-bond acceptors (Lipinski definition) is 2. The lowest BCUT2D eigenvalue weighted by molar-refractivity contribution is 0.114. The molecule has 0 bridgehead atoms. The van der Waals surface area contributed by atoms with E-state index in [1.807, 2.05) is 31.2 Å². The molecule has 2 aromatic rings. The van der Waals surface area contributed by atoms with E-state index in [2.05, 4.69) is 27.7 Å². The number of aryl methyl sites for hydroxylation is 1. The zero-order valence-electron chi connectivity index (χ0n) is 13.2. The van der Waals surface area contributed by atoms with E-state index in [0.717, 1.165) is 29.4 Å². The molecule has 2 rings (SSSR count). The molecule has 0 fully saturated rings. The predicted molar refractivity (Wildman–Crippen MR) is 83.8 cm³/mol. The van der Waals surface area contributed by atoms with Crippen molar-refractivity contribution in [1.82, 2.24) is 0 Å². The molecule has 0 spiro atoms. The first-order chi connectivity index (χ1) is 9.26. The van der Waals surface area contributed by atoms with Gasteiger partial charge < -0.3 is 9.52 Å². The number of para-hydroxylation sites is 1. The van der Waals surface area contributed by atoms with Crippen molar-refractivity contribution in [2.75, 3.05) is 0 Å². The number of furan rings is 1. The maximum Gasteiger partial charge on any atom is 0.137 e. The van der Waals surface area contributed by atoms with Gasteiger partial charge in [0.05, 0.1) is 0 Å². The lowest BCUT2D eigenvalue weighted by Crippen LogP contribution is -2.13. The molecular weight excluding hydrogens is 248 g/mol. The summed E-state index contributed by atoms with van der Waals surface area (Å²) in [5.74, 6) is 1.16. The van der Waals surface area contributed by atoms with Gasteiger partial charge in [-0.25, -0.2) is 0 Å². The van der Waals surface area contributed by atoms with E-state index in [4.69, 9.17) is 4.42 Å². The molecule has 1 aromatic heterocycles. The fourth-order valence-electron chi connectivity index (χ4n) is 3.02. The van der Waals surface area contributed by atoms with Gasteiger partial charge in [-0.2, -0.15) is 0 Å². The van der Waals surface area contributed by atoms with Crippen LogP contribution >= 0.6 is 0 Å². The minimum Gasteiger partial charge on any atom is -0.458 e. The number of aliphatic hydroxyl groups is 1. The van der Waals surface area contributed by atoms with Crippen LogP contribution in [0.5, 0.6) is 0 Å². The topological polar surface area (TPSA) is 33.4 Å². The second-order valence-corrected chi connectivity index (χ2v) is 7.26. The highest BCUT2D eigenvalue weighted by molar-refractivity contribution is 5.80. The Morgan fingerprint density at radius 1 is 1.25 bits per heavy atom. The second kappa shape index (κ2) is 5.61. The molecule has 0 aliphatic rings. The third kappa shape index (κ3) is 3.63. The van der Waals surface area contributed by atoms with Gasteiger partial charge in [-0.1, -0.05) is 45.9 Å². The van der Waals surface area contributed by atoms with Crippen LogP contribution in [0.2, 0.25) is 0 Å². The number of fused-ring (bicyclic) bond motifs is 1. The van der Waals surface area contributed by atoms with Crippen molar-refractivity contribution in [2.45, 2.75) is 53.6 Å². The third-order valence-corrected chi connectivity index (χ3v) is 3.67. The zero-order chi connectivity index (χ0) is 14.9. The summed E-state index contributed by atoms with van der Waals surface area (Å²) < 4.78 is 5.84. The second-order valence-electron chi connectivity index (χ2n) is 7.26. The number of rotatable bonds is 4. The Bertz CT molecular complexity index is 575. The fraction of sp³-hybridized carbons (Fsp3) is 0.556. The quantitative estimate of drug-likeness (QED) is 0.827. The highest BCUT2D eigenvalue weighted by Crippen LogP contribution is 2.33. The van der Waals surface area contributed by atoms with Gasteiger partial charge in [0, 0.05) is 5.39 Å². The van der Waals surface area contributed by atoms with Crippen molar-refractivity contribution < 1.29 is 9.52 Å². The maximum absolute atomic E-state index is 10.4. The highest BCUT2D eigenvalue weighted by atomic mass is 16.4. The molecule has 0 aliphatic carbocycles. The molecule has 2 heteroatoms. The van der Waals surface area contributed by atoms with Crippen molar-refractivity contribution in [3.8, 4) is 0 Å². The number of hydrogen-bond donors (Lipinski definition) is 1. The Kier molecular flexibility index (Phi) is 4.24. The van der Waals surface area contributed by atoms with Crippen LogP contribution in [0.4, 0.5) is 0 Å². The predicted octanol–water partition coefficient (Wildman–Crippen LogP) is 5.24. The summed E-state index contributed by atoms with van der Waals surface area (Å²) in [4.78, 5) is 0. The van der Waals surface area contributed by atoms with E-state index in [0.29, 0.717) is 17.1 Å². The summed E-state index contributed by atoms with van der Waals surface area (Å²) in [6.45, 7) is 10.9. The van der Waals surface area contributed by atoms with Gasteiger partial charge in [-0.3, -0.25) is 0 Å². The molecule has 20 heavy (non-hydrogen) atoms. The summed E-state index contributed by atoms with van der Waals surface area (Å²) in [7, 11) is 0. The molecule has 0 amide bonds. The molecule has 0 saturated carbocycles. The van der Waals surface area contributed by atoms with Gasteiger partial charge >= 0.3 is 0 Å².